The summed E-state index contributed by atoms with van der Waals surface area (Å²) in [6.07, 6.45) is 8.26. The van der Waals surface area contributed by atoms with E-state index in [0.29, 0.717) is 0 Å². The van der Waals surface area contributed by atoms with E-state index in [1.165, 1.54) is 10.5 Å². The third-order valence-corrected chi connectivity index (χ3v) is 4.71. The largest absolute Gasteiger partial charge is 0.337 e. The Hall–Kier alpha value is -2.34. The van der Waals surface area contributed by atoms with Crippen molar-refractivity contribution in [2.24, 2.45) is 0 Å². The minimum atomic E-state index is 0.828. The van der Waals surface area contributed by atoms with Gasteiger partial charge in [-0.3, -0.25) is 0 Å². The molecule has 0 spiro atoms. The molecule has 0 unspecified atom stereocenters. The molecule has 0 amide bonds. The summed E-state index contributed by atoms with van der Waals surface area (Å²) in [5, 5.41) is 4.29. The van der Waals surface area contributed by atoms with Crippen LogP contribution in [0.15, 0.2) is 52.9 Å². The second-order valence-corrected chi connectivity index (χ2v) is 6.12. The lowest BCUT2D eigenvalue weighted by Gasteiger charge is -2.19. The Bertz CT molecular complexity index is 827. The van der Waals surface area contributed by atoms with E-state index in [-0.39, 0.29) is 0 Å². The molecule has 0 radical (unpaired) electrons. The lowest BCUT2D eigenvalue weighted by atomic mass is 10.2. The van der Waals surface area contributed by atoms with Gasteiger partial charge in [0.15, 0.2) is 5.82 Å². The highest BCUT2D eigenvalue weighted by atomic mass is 32.2. The molecule has 4 rings (SSSR count). The summed E-state index contributed by atoms with van der Waals surface area (Å²) in [6.45, 7) is 2.95. The molecule has 0 fully saturated rings. The average molecular weight is 309 g/mol. The molecule has 22 heavy (non-hydrogen) atoms. The standard InChI is InChI=1S/C16H15N5S/c1-2-14-17-7-8-21(14)10-11-3-4-13-12(9-11)20-15-16(22-13)19-6-5-18-15/h3-9H,2,10H2,1H3,(H,18,20). The fourth-order valence-corrected chi connectivity index (χ4v) is 3.45. The van der Waals surface area contributed by atoms with Gasteiger partial charge < -0.3 is 9.88 Å². The van der Waals surface area contributed by atoms with Crippen molar-refractivity contribution in [1.29, 1.82) is 0 Å². The van der Waals surface area contributed by atoms with Crippen LogP contribution in [0.5, 0.6) is 0 Å². The van der Waals surface area contributed by atoms with Crippen LogP contribution in [-0.4, -0.2) is 19.5 Å². The summed E-state index contributed by atoms with van der Waals surface area (Å²) in [5.41, 5.74) is 2.33. The molecule has 0 atom stereocenters. The molecule has 0 saturated heterocycles. The van der Waals surface area contributed by atoms with Crippen LogP contribution in [0.3, 0.4) is 0 Å². The molecule has 5 nitrogen and oxygen atoms in total. The molecular weight excluding hydrogens is 294 g/mol. The van der Waals surface area contributed by atoms with Crippen LogP contribution in [0, 0.1) is 0 Å². The second kappa shape index (κ2) is 5.46. The van der Waals surface area contributed by atoms with Gasteiger partial charge in [0.1, 0.15) is 10.9 Å². The molecular formula is C16H15N5S. The maximum absolute atomic E-state index is 4.37. The summed E-state index contributed by atoms with van der Waals surface area (Å²) >= 11 is 1.65. The Kier molecular flexibility index (Phi) is 3.31. The number of nitrogens with zero attached hydrogens (tertiary/aromatic N) is 4. The molecule has 1 aliphatic rings. The van der Waals surface area contributed by atoms with Crippen molar-refractivity contribution in [3.05, 3.63) is 54.4 Å². The number of hydrogen-bond donors (Lipinski definition) is 1. The first-order valence-electron chi connectivity index (χ1n) is 7.22. The van der Waals surface area contributed by atoms with Crippen LogP contribution in [-0.2, 0) is 13.0 Å². The van der Waals surface area contributed by atoms with Gasteiger partial charge in [0.2, 0.25) is 0 Å². The van der Waals surface area contributed by atoms with Crippen LogP contribution < -0.4 is 5.32 Å². The first-order chi connectivity index (χ1) is 10.8. The highest BCUT2D eigenvalue weighted by molar-refractivity contribution is 7.99. The van der Waals surface area contributed by atoms with Crippen LogP contribution >= 0.6 is 11.8 Å². The van der Waals surface area contributed by atoms with Crippen molar-refractivity contribution in [2.45, 2.75) is 29.8 Å². The SMILES string of the molecule is CCc1nccn1Cc1ccc2c(c1)Nc1nccnc1S2. The van der Waals surface area contributed by atoms with Crippen molar-refractivity contribution < 1.29 is 0 Å². The predicted octanol–water partition coefficient (Wildman–Crippen LogP) is 3.49. The quantitative estimate of drug-likeness (QED) is 0.628. The zero-order valence-electron chi connectivity index (χ0n) is 12.2. The highest BCUT2D eigenvalue weighted by Gasteiger charge is 2.17. The summed E-state index contributed by atoms with van der Waals surface area (Å²) in [6, 6.07) is 6.48. The highest BCUT2D eigenvalue weighted by Crippen LogP contribution is 2.42. The fraction of sp³-hybridized carbons (Fsp3) is 0.188. The minimum Gasteiger partial charge on any atom is -0.337 e. The summed E-state index contributed by atoms with van der Waals surface area (Å²) < 4.78 is 2.19. The van der Waals surface area contributed by atoms with Crippen molar-refractivity contribution in [3.8, 4) is 0 Å². The van der Waals surface area contributed by atoms with E-state index in [1.54, 1.807) is 24.2 Å². The normalized spacial score (nSPS) is 12.4. The number of fused-ring (bicyclic) bond motifs is 2. The van der Waals surface area contributed by atoms with E-state index in [4.69, 9.17) is 0 Å². The maximum atomic E-state index is 4.37. The molecule has 3 heterocycles. The smallest absolute Gasteiger partial charge is 0.163 e. The van der Waals surface area contributed by atoms with E-state index < -0.39 is 0 Å². The molecule has 0 bridgehead atoms. The van der Waals surface area contributed by atoms with Crippen LogP contribution in [0.25, 0.3) is 0 Å². The zero-order chi connectivity index (χ0) is 14.9. The van der Waals surface area contributed by atoms with E-state index >= 15 is 0 Å². The van der Waals surface area contributed by atoms with Crippen molar-refractivity contribution in [1.82, 2.24) is 19.5 Å². The van der Waals surface area contributed by atoms with Gasteiger partial charge >= 0.3 is 0 Å². The van der Waals surface area contributed by atoms with Crippen LogP contribution in [0.2, 0.25) is 0 Å². The van der Waals surface area contributed by atoms with E-state index in [1.807, 2.05) is 12.4 Å². The van der Waals surface area contributed by atoms with Gasteiger partial charge in [0, 0.05) is 42.6 Å². The van der Waals surface area contributed by atoms with Gasteiger partial charge in [0.25, 0.3) is 0 Å². The van der Waals surface area contributed by atoms with Crippen molar-refractivity contribution >= 4 is 23.3 Å². The molecule has 1 aromatic carbocycles. The van der Waals surface area contributed by atoms with Crippen LogP contribution in [0.1, 0.15) is 18.3 Å². The average Bonchev–Trinajstić information content (AvgIpc) is 3.00. The molecule has 6 heteroatoms. The summed E-state index contributed by atoms with van der Waals surface area (Å²) in [4.78, 5) is 14.2. The Morgan fingerprint density at radius 1 is 1.14 bits per heavy atom. The fourth-order valence-electron chi connectivity index (χ4n) is 2.57. The monoisotopic (exact) mass is 309 g/mol. The molecule has 2 aromatic heterocycles. The third kappa shape index (κ3) is 2.35. The second-order valence-electron chi connectivity index (χ2n) is 5.09. The summed E-state index contributed by atoms with van der Waals surface area (Å²) in [7, 11) is 0. The van der Waals surface area contributed by atoms with E-state index in [0.717, 1.165) is 35.3 Å². The Morgan fingerprint density at radius 3 is 2.95 bits per heavy atom. The Labute approximate surface area is 132 Å². The maximum Gasteiger partial charge on any atom is 0.163 e. The molecule has 1 N–H and O–H groups in total. The molecule has 3 aromatic rings. The van der Waals surface area contributed by atoms with Gasteiger partial charge in [-0.1, -0.05) is 24.8 Å². The van der Waals surface area contributed by atoms with Gasteiger partial charge in [-0.15, -0.1) is 0 Å². The van der Waals surface area contributed by atoms with E-state index in [9.17, 15) is 0 Å². The van der Waals surface area contributed by atoms with Gasteiger partial charge in [-0.25, -0.2) is 15.0 Å². The molecule has 0 aliphatic carbocycles. The number of imidazole rings is 1. The third-order valence-electron chi connectivity index (χ3n) is 3.64. The van der Waals surface area contributed by atoms with Crippen molar-refractivity contribution in [3.63, 3.8) is 0 Å². The first-order valence-corrected chi connectivity index (χ1v) is 8.04. The number of aromatic nitrogens is 4. The predicted molar refractivity (Wildman–Crippen MR) is 86.6 cm³/mol. The number of benzene rings is 1. The minimum absolute atomic E-state index is 0.828. The number of nitrogens with one attached hydrogen (secondary N) is 1. The van der Waals surface area contributed by atoms with Crippen molar-refractivity contribution in [2.75, 3.05) is 5.32 Å². The van der Waals surface area contributed by atoms with Gasteiger partial charge in [-0.05, 0) is 17.7 Å². The topological polar surface area (TPSA) is 55.6 Å². The number of rotatable bonds is 3. The van der Waals surface area contributed by atoms with Gasteiger partial charge in [-0.2, -0.15) is 0 Å². The first kappa shape index (κ1) is 13.3. The van der Waals surface area contributed by atoms with E-state index in [2.05, 4.69) is 50.0 Å². The lowest BCUT2D eigenvalue weighted by molar-refractivity contribution is 0.732. The molecule has 110 valence electrons. The molecule has 0 saturated carbocycles. The number of aryl methyl sites for hydroxylation is 1. The van der Waals surface area contributed by atoms with Gasteiger partial charge in [0.05, 0.1) is 5.69 Å². The zero-order valence-corrected chi connectivity index (χ0v) is 13.0. The Morgan fingerprint density at radius 2 is 2.05 bits per heavy atom. The lowest BCUT2D eigenvalue weighted by Crippen LogP contribution is -2.06. The Balaban J connectivity index is 1.63. The van der Waals surface area contributed by atoms with Crippen LogP contribution in [0.4, 0.5) is 11.5 Å². The molecule has 1 aliphatic heterocycles. The summed E-state index contributed by atoms with van der Waals surface area (Å²) in [5.74, 6) is 1.94. The number of anilines is 2. The number of hydrogen-bond acceptors (Lipinski definition) is 5.